The molecule has 4 aliphatic rings. The molecule has 32 heavy (non-hydrogen) atoms. The number of hydrogen-bond donors (Lipinski definition) is 2. The molecule has 0 aromatic heterocycles. The Morgan fingerprint density at radius 1 is 1.19 bits per heavy atom. The molecule has 0 aromatic rings. The van der Waals surface area contributed by atoms with Crippen molar-refractivity contribution in [1.82, 2.24) is 0 Å². The third-order valence-electron chi connectivity index (χ3n) is 9.65. The molecule has 2 N–H and O–H groups in total. The van der Waals surface area contributed by atoms with Gasteiger partial charge in [-0.25, -0.2) is 0 Å². The smallest absolute Gasteiger partial charge is 0.306 e. The van der Waals surface area contributed by atoms with Gasteiger partial charge in [-0.15, -0.1) is 0 Å². The van der Waals surface area contributed by atoms with Gasteiger partial charge in [0.1, 0.15) is 18.3 Å². The summed E-state index contributed by atoms with van der Waals surface area (Å²) in [6.07, 6.45) is 7.89. The average molecular weight is 447 g/mol. The molecule has 0 bridgehead atoms. The first-order valence-corrected chi connectivity index (χ1v) is 12.4. The summed E-state index contributed by atoms with van der Waals surface area (Å²) in [7, 11) is 0. The van der Waals surface area contributed by atoms with Crippen LogP contribution in [0.4, 0.5) is 0 Å². The minimum atomic E-state index is -1.59. The zero-order valence-electron chi connectivity index (χ0n) is 19.7. The molecule has 0 aromatic carbocycles. The minimum Gasteiger partial charge on any atom is -0.462 e. The van der Waals surface area contributed by atoms with Crippen molar-refractivity contribution in [1.29, 1.82) is 0 Å². The third kappa shape index (κ3) is 3.40. The van der Waals surface area contributed by atoms with E-state index in [1.807, 2.05) is 19.9 Å². The largest absolute Gasteiger partial charge is 0.462 e. The lowest BCUT2D eigenvalue weighted by atomic mass is 9.45. The predicted octanol–water partition coefficient (Wildman–Crippen LogP) is 3.52. The molecule has 6 nitrogen and oxygen atoms in total. The summed E-state index contributed by atoms with van der Waals surface area (Å²) < 4.78 is 6.15. The molecule has 0 saturated heterocycles. The van der Waals surface area contributed by atoms with Crippen molar-refractivity contribution in [3.63, 3.8) is 0 Å². The van der Waals surface area contributed by atoms with Crippen LogP contribution in [0.1, 0.15) is 85.0 Å². The van der Waals surface area contributed by atoms with Gasteiger partial charge < -0.3 is 14.9 Å². The number of esters is 1. The van der Waals surface area contributed by atoms with Crippen LogP contribution < -0.4 is 0 Å². The van der Waals surface area contributed by atoms with Crippen LogP contribution in [0, 0.1) is 28.6 Å². The number of unbranched alkanes of at least 4 members (excludes halogenated alkanes) is 1. The lowest BCUT2D eigenvalue weighted by molar-refractivity contribution is -0.196. The van der Waals surface area contributed by atoms with E-state index in [0.29, 0.717) is 25.7 Å². The molecular formula is C26H38O6. The highest BCUT2D eigenvalue weighted by atomic mass is 16.5. The van der Waals surface area contributed by atoms with Crippen LogP contribution in [0.5, 0.6) is 0 Å². The summed E-state index contributed by atoms with van der Waals surface area (Å²) in [5, 5.41) is 21.1. The van der Waals surface area contributed by atoms with Gasteiger partial charge in [-0.1, -0.05) is 32.8 Å². The number of aliphatic hydroxyl groups excluding tert-OH is 1. The Hall–Kier alpha value is -1.53. The zero-order valence-corrected chi connectivity index (χ0v) is 19.7. The van der Waals surface area contributed by atoms with E-state index in [9.17, 15) is 24.6 Å². The highest BCUT2D eigenvalue weighted by Gasteiger charge is 2.69. The van der Waals surface area contributed by atoms with E-state index < -0.39 is 29.5 Å². The average Bonchev–Trinajstić information content (AvgIpc) is 3.03. The first-order valence-electron chi connectivity index (χ1n) is 12.4. The van der Waals surface area contributed by atoms with Crippen LogP contribution in [0.15, 0.2) is 11.6 Å². The topological polar surface area (TPSA) is 101 Å². The Balaban J connectivity index is 1.74. The normalized spacial score (nSPS) is 43.0. The highest BCUT2D eigenvalue weighted by Crippen LogP contribution is 2.68. The van der Waals surface area contributed by atoms with Crippen LogP contribution in [0.25, 0.3) is 0 Å². The lowest BCUT2D eigenvalue weighted by Gasteiger charge is -2.61. The van der Waals surface area contributed by atoms with Gasteiger partial charge >= 0.3 is 5.97 Å². The van der Waals surface area contributed by atoms with E-state index >= 15 is 0 Å². The second kappa shape index (κ2) is 8.35. The Morgan fingerprint density at radius 2 is 1.94 bits per heavy atom. The maximum absolute atomic E-state index is 12.7. The lowest BCUT2D eigenvalue weighted by Crippen LogP contribution is -2.62. The Labute approximate surface area is 190 Å². The van der Waals surface area contributed by atoms with Crippen molar-refractivity contribution in [2.75, 3.05) is 6.61 Å². The molecular weight excluding hydrogens is 408 g/mol. The molecule has 0 radical (unpaired) electrons. The molecule has 6 heteroatoms. The maximum atomic E-state index is 12.7. The Morgan fingerprint density at radius 3 is 2.62 bits per heavy atom. The SMILES string of the molecule is CCCCC(=O)O[C@H]1C[C@@]2(C)[C@@H](CC[C@]2(O)C(=O)CO)[C@@H]2CCC3=CC(=O)CC[C@]3(C)[C@H]21. The predicted molar refractivity (Wildman–Crippen MR) is 119 cm³/mol. The molecule has 4 aliphatic carbocycles. The fourth-order valence-electron chi connectivity index (χ4n) is 7.90. The molecule has 0 spiro atoms. The number of fused-ring (bicyclic) bond motifs is 5. The Kier molecular flexibility index (Phi) is 6.17. The van der Waals surface area contributed by atoms with E-state index in [1.54, 1.807) is 0 Å². The number of Topliss-reactive ketones (excluding diaryl/α,β-unsaturated/α-hetero) is 1. The summed E-state index contributed by atoms with van der Waals surface area (Å²) in [5.74, 6) is -0.173. The van der Waals surface area contributed by atoms with Crippen LogP contribution in [0.3, 0.4) is 0 Å². The van der Waals surface area contributed by atoms with Crippen molar-refractivity contribution >= 4 is 17.5 Å². The van der Waals surface area contributed by atoms with E-state index in [4.69, 9.17) is 4.74 Å². The molecule has 7 atom stereocenters. The first-order chi connectivity index (χ1) is 15.1. The molecule has 0 unspecified atom stereocenters. The van der Waals surface area contributed by atoms with Crippen molar-refractivity contribution in [3.8, 4) is 0 Å². The van der Waals surface area contributed by atoms with E-state index in [1.165, 1.54) is 5.57 Å². The molecule has 0 heterocycles. The summed E-state index contributed by atoms with van der Waals surface area (Å²) >= 11 is 0. The van der Waals surface area contributed by atoms with E-state index in [-0.39, 0.29) is 34.9 Å². The number of allylic oxidation sites excluding steroid dienone is 1. The third-order valence-corrected chi connectivity index (χ3v) is 9.65. The fourth-order valence-corrected chi connectivity index (χ4v) is 7.90. The quantitative estimate of drug-likeness (QED) is 0.606. The molecule has 0 amide bonds. The number of hydrogen-bond acceptors (Lipinski definition) is 6. The van der Waals surface area contributed by atoms with Gasteiger partial charge in [0.15, 0.2) is 11.6 Å². The second-order valence-corrected chi connectivity index (χ2v) is 11.1. The van der Waals surface area contributed by atoms with Crippen molar-refractivity contribution in [2.24, 2.45) is 28.6 Å². The van der Waals surface area contributed by atoms with Gasteiger partial charge in [0.25, 0.3) is 0 Å². The number of ketones is 2. The summed E-state index contributed by atoms with van der Waals surface area (Å²) in [4.78, 5) is 37.6. The van der Waals surface area contributed by atoms with Crippen molar-refractivity contribution in [2.45, 2.75) is 96.7 Å². The van der Waals surface area contributed by atoms with Crippen LogP contribution in [-0.4, -0.2) is 46.1 Å². The summed E-state index contributed by atoms with van der Waals surface area (Å²) in [5.41, 5.74) is -1.38. The fraction of sp³-hybridized carbons (Fsp3) is 0.808. The zero-order chi connectivity index (χ0) is 23.3. The second-order valence-electron chi connectivity index (χ2n) is 11.1. The molecule has 0 aliphatic heterocycles. The van der Waals surface area contributed by atoms with Crippen molar-refractivity contribution in [3.05, 3.63) is 11.6 Å². The minimum absolute atomic E-state index is 0.0748. The summed E-state index contributed by atoms with van der Waals surface area (Å²) in [6.45, 7) is 5.53. The van der Waals surface area contributed by atoms with E-state index in [0.717, 1.165) is 38.5 Å². The number of ether oxygens (including phenoxy) is 1. The van der Waals surface area contributed by atoms with Crippen LogP contribution in [-0.2, 0) is 19.1 Å². The van der Waals surface area contributed by atoms with Gasteiger partial charge in [0, 0.05) is 24.2 Å². The van der Waals surface area contributed by atoms with Gasteiger partial charge in [-0.2, -0.15) is 0 Å². The summed E-state index contributed by atoms with van der Waals surface area (Å²) in [6, 6.07) is 0. The van der Waals surface area contributed by atoms with Gasteiger partial charge in [-0.05, 0) is 68.3 Å². The Bertz CT molecular complexity index is 832. The van der Waals surface area contributed by atoms with Gasteiger partial charge in [-0.3, -0.25) is 14.4 Å². The molecule has 4 rings (SSSR count). The first kappa shape index (κ1) is 23.6. The monoisotopic (exact) mass is 446 g/mol. The highest BCUT2D eigenvalue weighted by molar-refractivity contribution is 5.92. The number of carbonyl (C=O) groups excluding carboxylic acids is 3. The van der Waals surface area contributed by atoms with Gasteiger partial charge in [0.05, 0.1) is 0 Å². The molecule has 3 saturated carbocycles. The number of rotatable bonds is 6. The molecule has 3 fully saturated rings. The standard InChI is InChI=1S/C26H38O6/c1-4-5-6-22(30)32-20-14-25(3)19(10-12-26(25,31)21(29)15-27)18-8-7-16-13-17(28)9-11-24(16,2)23(18)20/h13,18-20,23,27,31H,4-12,14-15H2,1-3H3/t18-,19-,20-,23+,24-,25-,26-/m0/s1. The molecule has 178 valence electrons. The van der Waals surface area contributed by atoms with Gasteiger partial charge in [0.2, 0.25) is 0 Å². The number of aliphatic hydroxyl groups is 2. The van der Waals surface area contributed by atoms with Crippen LogP contribution in [0.2, 0.25) is 0 Å². The number of carbonyl (C=O) groups is 3. The maximum Gasteiger partial charge on any atom is 0.306 e. The van der Waals surface area contributed by atoms with Crippen molar-refractivity contribution < 1.29 is 29.3 Å². The van der Waals surface area contributed by atoms with Crippen LogP contribution >= 0.6 is 0 Å². The van der Waals surface area contributed by atoms with E-state index in [2.05, 4.69) is 6.92 Å².